The molecule has 0 radical (unpaired) electrons. The standard InChI is InChI=1S/C14H21ClN2O/c1-11-9-17(10-14(8-16)18-11)7-6-12-2-4-13(15)5-3-12/h2-5,11,14H,6-10,16H2,1H3. The number of halogens is 1. The predicted octanol–water partition coefficient (Wildman–Crippen LogP) is 1.93. The summed E-state index contributed by atoms with van der Waals surface area (Å²) in [4.78, 5) is 2.43. The average molecular weight is 269 g/mol. The number of hydrogen-bond acceptors (Lipinski definition) is 3. The third kappa shape index (κ3) is 3.95. The lowest BCUT2D eigenvalue weighted by atomic mass is 10.1. The van der Waals surface area contributed by atoms with Crippen LogP contribution < -0.4 is 5.73 Å². The first kappa shape index (κ1) is 13.8. The predicted molar refractivity (Wildman–Crippen MR) is 75.0 cm³/mol. The summed E-state index contributed by atoms with van der Waals surface area (Å²) in [5, 5.41) is 0.793. The van der Waals surface area contributed by atoms with E-state index in [0.717, 1.165) is 31.1 Å². The zero-order chi connectivity index (χ0) is 13.0. The largest absolute Gasteiger partial charge is 0.371 e. The SMILES string of the molecule is CC1CN(CCc2ccc(Cl)cc2)CC(CN)O1. The Labute approximate surface area is 114 Å². The van der Waals surface area contributed by atoms with Crippen LogP contribution in [0, 0.1) is 0 Å². The van der Waals surface area contributed by atoms with Crippen LogP contribution in [0.15, 0.2) is 24.3 Å². The molecule has 100 valence electrons. The van der Waals surface area contributed by atoms with Gasteiger partial charge in [-0.2, -0.15) is 0 Å². The molecule has 2 unspecified atom stereocenters. The summed E-state index contributed by atoms with van der Waals surface area (Å²) in [7, 11) is 0. The van der Waals surface area contributed by atoms with Crippen molar-refractivity contribution in [3.63, 3.8) is 0 Å². The van der Waals surface area contributed by atoms with E-state index in [1.807, 2.05) is 12.1 Å². The Bertz CT molecular complexity index is 369. The quantitative estimate of drug-likeness (QED) is 0.907. The summed E-state index contributed by atoms with van der Waals surface area (Å²) in [6.07, 6.45) is 1.50. The number of nitrogens with zero attached hydrogens (tertiary/aromatic N) is 1. The van der Waals surface area contributed by atoms with Crippen LogP contribution in [-0.4, -0.2) is 43.3 Å². The Kier molecular flexibility index (Phi) is 5.01. The van der Waals surface area contributed by atoms with Gasteiger partial charge in [0, 0.05) is 31.2 Å². The molecule has 2 rings (SSSR count). The molecular weight excluding hydrogens is 248 g/mol. The number of benzene rings is 1. The van der Waals surface area contributed by atoms with Crippen molar-refractivity contribution in [3.8, 4) is 0 Å². The van der Waals surface area contributed by atoms with E-state index in [2.05, 4.69) is 24.0 Å². The van der Waals surface area contributed by atoms with Gasteiger partial charge in [0.05, 0.1) is 12.2 Å². The van der Waals surface area contributed by atoms with E-state index >= 15 is 0 Å². The molecule has 0 saturated carbocycles. The molecule has 0 aliphatic carbocycles. The molecule has 4 heteroatoms. The molecule has 1 aromatic rings. The minimum Gasteiger partial charge on any atom is -0.371 e. The van der Waals surface area contributed by atoms with Crippen LogP contribution in [0.5, 0.6) is 0 Å². The van der Waals surface area contributed by atoms with Gasteiger partial charge in [0.25, 0.3) is 0 Å². The van der Waals surface area contributed by atoms with Crippen molar-refractivity contribution in [1.82, 2.24) is 4.90 Å². The first-order valence-corrected chi connectivity index (χ1v) is 6.87. The third-order valence-electron chi connectivity index (χ3n) is 3.29. The third-order valence-corrected chi connectivity index (χ3v) is 3.55. The molecule has 0 amide bonds. The molecular formula is C14H21ClN2O. The van der Waals surface area contributed by atoms with E-state index < -0.39 is 0 Å². The van der Waals surface area contributed by atoms with Crippen LogP contribution in [0.3, 0.4) is 0 Å². The molecule has 0 aromatic heterocycles. The maximum absolute atomic E-state index is 5.88. The molecule has 0 bridgehead atoms. The van der Waals surface area contributed by atoms with Gasteiger partial charge in [0.1, 0.15) is 0 Å². The van der Waals surface area contributed by atoms with Crippen molar-refractivity contribution >= 4 is 11.6 Å². The van der Waals surface area contributed by atoms with Crippen molar-refractivity contribution < 1.29 is 4.74 Å². The first-order chi connectivity index (χ1) is 8.67. The van der Waals surface area contributed by atoms with Gasteiger partial charge >= 0.3 is 0 Å². The molecule has 1 aliphatic heterocycles. The highest BCUT2D eigenvalue weighted by atomic mass is 35.5. The second-order valence-electron chi connectivity index (χ2n) is 4.94. The monoisotopic (exact) mass is 268 g/mol. The fourth-order valence-electron chi connectivity index (χ4n) is 2.39. The van der Waals surface area contributed by atoms with Crippen LogP contribution in [0.1, 0.15) is 12.5 Å². The Morgan fingerprint density at radius 3 is 2.72 bits per heavy atom. The minimum absolute atomic E-state index is 0.180. The number of morpholine rings is 1. The van der Waals surface area contributed by atoms with Crippen LogP contribution >= 0.6 is 11.6 Å². The summed E-state index contributed by atoms with van der Waals surface area (Å²) in [6.45, 7) is 5.68. The first-order valence-electron chi connectivity index (χ1n) is 6.49. The topological polar surface area (TPSA) is 38.5 Å². The molecule has 1 aliphatic rings. The fraction of sp³-hybridized carbons (Fsp3) is 0.571. The lowest BCUT2D eigenvalue weighted by molar-refractivity contribution is -0.0716. The second kappa shape index (κ2) is 6.53. The van der Waals surface area contributed by atoms with Gasteiger partial charge in [-0.3, -0.25) is 4.90 Å². The zero-order valence-corrected chi connectivity index (χ0v) is 11.6. The van der Waals surface area contributed by atoms with Crippen molar-refractivity contribution in [1.29, 1.82) is 0 Å². The minimum atomic E-state index is 0.180. The molecule has 1 aromatic carbocycles. The second-order valence-corrected chi connectivity index (χ2v) is 5.38. The van der Waals surface area contributed by atoms with Gasteiger partial charge in [0.2, 0.25) is 0 Å². The summed E-state index contributed by atoms with van der Waals surface area (Å²) < 4.78 is 5.75. The lowest BCUT2D eigenvalue weighted by Gasteiger charge is -2.36. The summed E-state index contributed by atoms with van der Waals surface area (Å²) >= 11 is 5.88. The van der Waals surface area contributed by atoms with E-state index in [1.165, 1.54) is 5.56 Å². The number of rotatable bonds is 4. The maximum atomic E-state index is 5.88. The Hall–Kier alpha value is -0.610. The van der Waals surface area contributed by atoms with Crippen LogP contribution in [-0.2, 0) is 11.2 Å². The van der Waals surface area contributed by atoms with Crippen molar-refractivity contribution in [2.75, 3.05) is 26.2 Å². The van der Waals surface area contributed by atoms with Gasteiger partial charge < -0.3 is 10.5 Å². The molecule has 2 atom stereocenters. The smallest absolute Gasteiger partial charge is 0.0828 e. The van der Waals surface area contributed by atoms with Crippen LogP contribution in [0.4, 0.5) is 0 Å². The van der Waals surface area contributed by atoms with E-state index in [1.54, 1.807) is 0 Å². The highest BCUT2D eigenvalue weighted by molar-refractivity contribution is 6.30. The number of hydrogen-bond donors (Lipinski definition) is 1. The maximum Gasteiger partial charge on any atom is 0.0828 e. The fourth-order valence-corrected chi connectivity index (χ4v) is 2.52. The Balaban J connectivity index is 1.84. The highest BCUT2D eigenvalue weighted by Gasteiger charge is 2.23. The van der Waals surface area contributed by atoms with Gasteiger partial charge in [-0.1, -0.05) is 23.7 Å². The highest BCUT2D eigenvalue weighted by Crippen LogP contribution is 2.13. The lowest BCUT2D eigenvalue weighted by Crippen LogP contribution is -2.49. The molecule has 1 saturated heterocycles. The van der Waals surface area contributed by atoms with Gasteiger partial charge in [0.15, 0.2) is 0 Å². The summed E-state index contributed by atoms with van der Waals surface area (Å²) in [5.41, 5.74) is 7.01. The van der Waals surface area contributed by atoms with E-state index in [-0.39, 0.29) is 12.2 Å². The molecule has 18 heavy (non-hydrogen) atoms. The normalized spacial score (nSPS) is 25.3. The van der Waals surface area contributed by atoms with Crippen LogP contribution in [0.2, 0.25) is 5.02 Å². The Morgan fingerprint density at radius 1 is 1.33 bits per heavy atom. The van der Waals surface area contributed by atoms with Crippen molar-refractivity contribution in [2.24, 2.45) is 5.73 Å². The van der Waals surface area contributed by atoms with Gasteiger partial charge in [-0.25, -0.2) is 0 Å². The Morgan fingerprint density at radius 2 is 2.06 bits per heavy atom. The molecule has 1 fully saturated rings. The van der Waals surface area contributed by atoms with E-state index in [4.69, 9.17) is 22.1 Å². The number of nitrogens with two attached hydrogens (primary N) is 1. The summed E-state index contributed by atoms with van der Waals surface area (Å²) in [5.74, 6) is 0. The average Bonchev–Trinajstić information content (AvgIpc) is 2.37. The molecule has 3 nitrogen and oxygen atoms in total. The van der Waals surface area contributed by atoms with E-state index in [0.29, 0.717) is 6.54 Å². The summed E-state index contributed by atoms with van der Waals surface area (Å²) in [6, 6.07) is 8.07. The van der Waals surface area contributed by atoms with Crippen molar-refractivity contribution in [2.45, 2.75) is 25.6 Å². The molecule has 0 spiro atoms. The molecule has 1 heterocycles. The van der Waals surface area contributed by atoms with Gasteiger partial charge in [-0.05, 0) is 31.0 Å². The van der Waals surface area contributed by atoms with Crippen molar-refractivity contribution in [3.05, 3.63) is 34.9 Å². The zero-order valence-electron chi connectivity index (χ0n) is 10.8. The molecule has 2 N–H and O–H groups in total. The van der Waals surface area contributed by atoms with Gasteiger partial charge in [-0.15, -0.1) is 0 Å². The number of ether oxygens (including phenoxy) is 1. The van der Waals surface area contributed by atoms with Crippen LogP contribution in [0.25, 0.3) is 0 Å². The van der Waals surface area contributed by atoms with E-state index in [9.17, 15) is 0 Å².